The first kappa shape index (κ1) is 12.1. The van der Waals surface area contributed by atoms with Gasteiger partial charge in [-0.2, -0.15) is 0 Å². The third-order valence-electron chi connectivity index (χ3n) is 1.84. The largest absolute Gasteiger partial charge is 0.475 e. The molecule has 0 aliphatic heterocycles. The molecule has 0 saturated heterocycles. The Kier molecular flexibility index (Phi) is 5.28. The second kappa shape index (κ2) is 6.53. The maximum absolute atomic E-state index is 10.5. The molecule has 0 amide bonds. The monoisotopic (exact) mass is 230 g/mol. The summed E-state index contributed by atoms with van der Waals surface area (Å²) >= 11 is 1.50. The predicted octanol–water partition coefficient (Wildman–Crippen LogP) is 2.23. The second-order valence-corrected chi connectivity index (χ2v) is 4.16. The molecule has 0 atom stereocenters. The van der Waals surface area contributed by atoms with Gasteiger partial charge in [0.05, 0.1) is 0 Å². The van der Waals surface area contributed by atoms with Crippen LogP contribution in [0, 0.1) is 0 Å². The lowest BCUT2D eigenvalue weighted by molar-refractivity contribution is 0.0656. The maximum atomic E-state index is 10.5. The van der Waals surface area contributed by atoms with Crippen LogP contribution in [0.25, 0.3) is 0 Å². The highest BCUT2D eigenvalue weighted by Crippen LogP contribution is 2.22. The lowest BCUT2D eigenvalue weighted by Gasteiger charge is -1.97. The van der Waals surface area contributed by atoms with E-state index < -0.39 is 5.97 Å². The number of carbonyl (C=O) groups is 1. The molecular weight excluding hydrogens is 216 g/mol. The van der Waals surface area contributed by atoms with E-state index in [9.17, 15) is 4.79 Å². The number of aliphatic hydroxyl groups is 1. The van der Waals surface area contributed by atoms with Crippen LogP contribution in [0.3, 0.4) is 0 Å². The lowest BCUT2D eigenvalue weighted by Crippen LogP contribution is -1.91. The summed E-state index contributed by atoms with van der Waals surface area (Å²) < 4.78 is 5.07. The molecule has 1 rings (SSSR count). The third-order valence-corrected chi connectivity index (χ3v) is 2.84. The number of carboxylic acids is 1. The zero-order valence-corrected chi connectivity index (χ0v) is 9.13. The molecule has 1 aromatic rings. The van der Waals surface area contributed by atoms with Gasteiger partial charge in [0.1, 0.15) is 0 Å². The number of unbranched alkanes of at least 4 members (excludes halogenated alkanes) is 2. The minimum atomic E-state index is -1.04. The molecule has 0 aliphatic rings. The van der Waals surface area contributed by atoms with Gasteiger partial charge >= 0.3 is 5.97 Å². The molecule has 0 saturated carbocycles. The van der Waals surface area contributed by atoms with Crippen LogP contribution in [0.2, 0.25) is 0 Å². The minimum Gasteiger partial charge on any atom is -0.475 e. The van der Waals surface area contributed by atoms with Gasteiger partial charge in [-0.05, 0) is 25.0 Å². The van der Waals surface area contributed by atoms with Crippen molar-refractivity contribution in [3.05, 3.63) is 17.9 Å². The van der Waals surface area contributed by atoms with Crippen LogP contribution in [0.1, 0.15) is 29.8 Å². The van der Waals surface area contributed by atoms with Crippen molar-refractivity contribution in [1.29, 1.82) is 0 Å². The van der Waals surface area contributed by atoms with E-state index in [-0.39, 0.29) is 12.4 Å². The second-order valence-electron chi connectivity index (χ2n) is 3.06. The van der Waals surface area contributed by atoms with Crippen molar-refractivity contribution >= 4 is 17.7 Å². The zero-order chi connectivity index (χ0) is 11.1. The van der Waals surface area contributed by atoms with Crippen molar-refractivity contribution in [2.45, 2.75) is 24.4 Å². The Morgan fingerprint density at radius 2 is 2.13 bits per heavy atom. The number of aromatic carboxylic acids is 1. The average Bonchev–Trinajstić information content (AvgIpc) is 2.66. The van der Waals surface area contributed by atoms with Gasteiger partial charge in [-0.3, -0.25) is 0 Å². The Labute approximate surface area is 92.3 Å². The Hall–Kier alpha value is -0.940. The lowest BCUT2D eigenvalue weighted by atomic mass is 10.3. The topological polar surface area (TPSA) is 70.7 Å². The van der Waals surface area contributed by atoms with Crippen molar-refractivity contribution in [3.8, 4) is 0 Å². The first-order valence-corrected chi connectivity index (χ1v) is 5.79. The number of hydrogen-bond donors (Lipinski definition) is 2. The fourth-order valence-corrected chi connectivity index (χ4v) is 1.94. The van der Waals surface area contributed by atoms with Gasteiger partial charge in [0.25, 0.3) is 0 Å². The summed E-state index contributed by atoms with van der Waals surface area (Å²) in [5.74, 6) is -0.179. The first-order valence-electron chi connectivity index (χ1n) is 4.81. The van der Waals surface area contributed by atoms with Crippen molar-refractivity contribution in [2.24, 2.45) is 0 Å². The fourth-order valence-electron chi connectivity index (χ4n) is 1.08. The standard InChI is InChI=1S/C10H14O4S/c11-6-2-1-3-7-15-9-5-4-8(14-9)10(12)13/h4-5,11H,1-3,6-7H2,(H,12,13). The molecule has 84 valence electrons. The molecule has 0 aromatic carbocycles. The molecule has 0 bridgehead atoms. The number of thioether (sulfide) groups is 1. The summed E-state index contributed by atoms with van der Waals surface area (Å²) in [6, 6.07) is 3.12. The molecule has 0 fully saturated rings. The summed E-state index contributed by atoms with van der Waals surface area (Å²) in [5, 5.41) is 17.8. The molecule has 0 radical (unpaired) electrons. The summed E-state index contributed by atoms with van der Waals surface area (Å²) in [5.41, 5.74) is 0. The van der Waals surface area contributed by atoms with E-state index in [4.69, 9.17) is 14.6 Å². The van der Waals surface area contributed by atoms with E-state index in [1.165, 1.54) is 17.8 Å². The molecule has 4 nitrogen and oxygen atoms in total. The highest BCUT2D eigenvalue weighted by Gasteiger charge is 2.08. The summed E-state index contributed by atoms with van der Waals surface area (Å²) in [7, 11) is 0. The summed E-state index contributed by atoms with van der Waals surface area (Å²) in [6.45, 7) is 0.231. The van der Waals surface area contributed by atoms with Gasteiger partial charge in [-0.1, -0.05) is 18.2 Å². The number of carboxylic acid groups (broad SMARTS) is 1. The predicted molar refractivity (Wildman–Crippen MR) is 57.3 cm³/mol. The van der Waals surface area contributed by atoms with Crippen molar-refractivity contribution < 1.29 is 19.4 Å². The first-order chi connectivity index (χ1) is 7.24. The molecule has 1 heterocycles. The van der Waals surface area contributed by atoms with E-state index in [0.717, 1.165) is 25.0 Å². The normalized spacial score (nSPS) is 10.5. The minimum absolute atomic E-state index is 0.0205. The Balaban J connectivity index is 2.23. The quantitative estimate of drug-likeness (QED) is 0.555. The van der Waals surface area contributed by atoms with Crippen LogP contribution in [-0.4, -0.2) is 28.5 Å². The van der Waals surface area contributed by atoms with Gasteiger partial charge in [-0.15, -0.1) is 0 Å². The Morgan fingerprint density at radius 3 is 2.73 bits per heavy atom. The molecule has 0 unspecified atom stereocenters. The highest BCUT2D eigenvalue weighted by atomic mass is 32.2. The van der Waals surface area contributed by atoms with Crippen LogP contribution in [0.5, 0.6) is 0 Å². The molecule has 15 heavy (non-hydrogen) atoms. The van der Waals surface area contributed by atoms with E-state index in [1.807, 2.05) is 0 Å². The molecule has 0 spiro atoms. The smallest absolute Gasteiger partial charge is 0.371 e. The van der Waals surface area contributed by atoms with E-state index in [0.29, 0.717) is 5.09 Å². The average molecular weight is 230 g/mol. The van der Waals surface area contributed by atoms with Gasteiger partial charge in [0.2, 0.25) is 5.76 Å². The van der Waals surface area contributed by atoms with Crippen molar-refractivity contribution in [1.82, 2.24) is 0 Å². The van der Waals surface area contributed by atoms with Crippen LogP contribution in [0.15, 0.2) is 21.6 Å². The Morgan fingerprint density at radius 1 is 1.33 bits per heavy atom. The van der Waals surface area contributed by atoms with Crippen LogP contribution in [0.4, 0.5) is 0 Å². The number of furan rings is 1. The fraction of sp³-hybridized carbons (Fsp3) is 0.500. The van der Waals surface area contributed by atoms with E-state index in [1.54, 1.807) is 6.07 Å². The highest BCUT2D eigenvalue weighted by molar-refractivity contribution is 7.99. The van der Waals surface area contributed by atoms with Crippen LogP contribution >= 0.6 is 11.8 Å². The van der Waals surface area contributed by atoms with E-state index in [2.05, 4.69) is 0 Å². The summed E-state index contributed by atoms with van der Waals surface area (Å²) in [6.07, 6.45) is 2.80. The third kappa shape index (κ3) is 4.40. The van der Waals surface area contributed by atoms with Crippen LogP contribution in [-0.2, 0) is 0 Å². The van der Waals surface area contributed by atoms with Gasteiger partial charge < -0.3 is 14.6 Å². The number of aliphatic hydroxyl groups excluding tert-OH is 1. The summed E-state index contributed by atoms with van der Waals surface area (Å²) in [4.78, 5) is 10.5. The van der Waals surface area contributed by atoms with Crippen molar-refractivity contribution in [3.63, 3.8) is 0 Å². The zero-order valence-electron chi connectivity index (χ0n) is 8.31. The number of rotatable bonds is 7. The SMILES string of the molecule is O=C(O)c1ccc(SCCCCCO)o1. The molecule has 0 aliphatic carbocycles. The van der Waals surface area contributed by atoms with Gasteiger partial charge in [0, 0.05) is 12.4 Å². The molecule has 1 aromatic heterocycles. The van der Waals surface area contributed by atoms with Gasteiger partial charge in [-0.25, -0.2) is 4.79 Å². The molecule has 2 N–H and O–H groups in total. The van der Waals surface area contributed by atoms with Crippen LogP contribution < -0.4 is 0 Å². The molecule has 5 heteroatoms. The molecular formula is C10H14O4S. The van der Waals surface area contributed by atoms with E-state index >= 15 is 0 Å². The van der Waals surface area contributed by atoms with Gasteiger partial charge in [0.15, 0.2) is 5.09 Å². The Bertz CT molecular complexity index is 308. The maximum Gasteiger partial charge on any atom is 0.371 e. The van der Waals surface area contributed by atoms with Crippen molar-refractivity contribution in [2.75, 3.05) is 12.4 Å². The number of hydrogen-bond acceptors (Lipinski definition) is 4.